The van der Waals surface area contributed by atoms with Crippen LogP contribution in [0.3, 0.4) is 0 Å². The van der Waals surface area contributed by atoms with Crippen molar-refractivity contribution in [2.75, 3.05) is 6.61 Å². The molecule has 0 fully saturated rings. The molecular weight excluding hydrogens is 334 g/mol. The van der Waals surface area contributed by atoms with Gasteiger partial charge in [0.2, 0.25) is 5.91 Å². The van der Waals surface area contributed by atoms with Gasteiger partial charge in [0.05, 0.1) is 12.6 Å². The van der Waals surface area contributed by atoms with Crippen molar-refractivity contribution in [2.24, 2.45) is 0 Å². The molecule has 0 saturated heterocycles. The molecule has 0 bridgehead atoms. The number of amides is 1. The Kier molecular flexibility index (Phi) is 4.93. The Morgan fingerprint density at radius 1 is 1.07 bits per heavy atom. The number of ether oxygens (including phenoxy) is 1. The molecule has 1 heterocycles. The molecule has 3 aromatic rings. The van der Waals surface area contributed by atoms with Gasteiger partial charge in [0, 0.05) is 11.6 Å². The molecule has 0 saturated carbocycles. The third kappa shape index (κ3) is 3.87. The largest absolute Gasteiger partial charge is 0.493 e. The van der Waals surface area contributed by atoms with E-state index >= 15 is 0 Å². The van der Waals surface area contributed by atoms with Gasteiger partial charge in [0.25, 0.3) is 0 Å². The lowest BCUT2D eigenvalue weighted by Gasteiger charge is -2.19. The summed E-state index contributed by atoms with van der Waals surface area (Å²) in [5.74, 6) is 0.846. The van der Waals surface area contributed by atoms with Gasteiger partial charge >= 0.3 is 0 Å². The summed E-state index contributed by atoms with van der Waals surface area (Å²) >= 11 is 0. The summed E-state index contributed by atoms with van der Waals surface area (Å²) in [4.78, 5) is 12.4. The van der Waals surface area contributed by atoms with Crippen molar-refractivity contribution < 1.29 is 9.53 Å². The molecule has 0 aromatic heterocycles. The highest BCUT2D eigenvalue weighted by Crippen LogP contribution is 2.28. The topological polar surface area (TPSA) is 38.3 Å². The van der Waals surface area contributed by atoms with Gasteiger partial charge in [0.1, 0.15) is 5.75 Å². The number of carbonyl (C=O) groups is 1. The average molecular weight is 357 g/mol. The van der Waals surface area contributed by atoms with Crippen LogP contribution in [-0.2, 0) is 11.2 Å². The van der Waals surface area contributed by atoms with E-state index in [9.17, 15) is 4.79 Å². The lowest BCUT2D eigenvalue weighted by atomic mass is 9.99. The molecule has 1 N–H and O–H groups in total. The van der Waals surface area contributed by atoms with E-state index < -0.39 is 0 Å². The molecule has 1 aliphatic rings. The smallest absolute Gasteiger partial charge is 0.244 e. The SMILES string of the molecule is CC(NC(=O)/C=C/c1cccc2c1CCCO2)c1ccc2ccccc2c1. The first-order chi connectivity index (χ1) is 13.2. The predicted molar refractivity (Wildman–Crippen MR) is 110 cm³/mol. The summed E-state index contributed by atoms with van der Waals surface area (Å²) in [6.45, 7) is 2.78. The van der Waals surface area contributed by atoms with Gasteiger partial charge in [-0.1, -0.05) is 48.5 Å². The maximum absolute atomic E-state index is 12.4. The van der Waals surface area contributed by atoms with Gasteiger partial charge in [-0.05, 0) is 59.9 Å². The number of carbonyl (C=O) groups excluding carboxylic acids is 1. The summed E-state index contributed by atoms with van der Waals surface area (Å²) in [6, 6.07) is 20.5. The van der Waals surface area contributed by atoms with Crippen molar-refractivity contribution in [2.45, 2.75) is 25.8 Å². The number of benzene rings is 3. The molecule has 4 rings (SSSR count). The van der Waals surface area contributed by atoms with Gasteiger partial charge < -0.3 is 10.1 Å². The first kappa shape index (κ1) is 17.3. The minimum absolute atomic E-state index is 0.0558. The molecule has 0 spiro atoms. The lowest BCUT2D eigenvalue weighted by Crippen LogP contribution is -2.24. The monoisotopic (exact) mass is 357 g/mol. The Labute approximate surface area is 159 Å². The maximum atomic E-state index is 12.4. The fourth-order valence-corrected chi connectivity index (χ4v) is 3.56. The number of nitrogens with one attached hydrogen (secondary N) is 1. The van der Waals surface area contributed by atoms with Gasteiger partial charge in [-0.2, -0.15) is 0 Å². The average Bonchev–Trinajstić information content (AvgIpc) is 2.71. The van der Waals surface area contributed by atoms with Crippen LogP contribution in [0, 0.1) is 0 Å². The van der Waals surface area contributed by atoms with E-state index in [4.69, 9.17) is 4.74 Å². The first-order valence-electron chi connectivity index (χ1n) is 9.43. The van der Waals surface area contributed by atoms with E-state index in [0.717, 1.165) is 36.3 Å². The third-order valence-corrected chi connectivity index (χ3v) is 5.04. The van der Waals surface area contributed by atoms with E-state index in [1.807, 2.05) is 43.3 Å². The predicted octanol–water partition coefficient (Wildman–Crippen LogP) is 5.06. The van der Waals surface area contributed by atoms with Crippen LogP contribution >= 0.6 is 0 Å². The normalized spacial score (nSPS) is 14.6. The van der Waals surface area contributed by atoms with Gasteiger partial charge in [0.15, 0.2) is 0 Å². The van der Waals surface area contributed by atoms with Crippen LogP contribution in [0.5, 0.6) is 5.75 Å². The molecule has 3 aromatic carbocycles. The Bertz CT molecular complexity index is 1010. The standard InChI is InChI=1S/C24H23NO2/c1-17(20-12-11-18-6-2-3-7-21(18)16-20)25-24(26)14-13-19-8-4-10-23-22(19)9-5-15-27-23/h2-4,6-8,10-14,16-17H,5,9,15H2,1H3,(H,25,26)/b14-13+. The highest BCUT2D eigenvalue weighted by molar-refractivity contribution is 5.92. The molecular formula is C24H23NO2. The van der Waals surface area contributed by atoms with E-state index in [0.29, 0.717) is 0 Å². The van der Waals surface area contributed by atoms with Gasteiger partial charge in [-0.25, -0.2) is 0 Å². The second-order valence-electron chi connectivity index (χ2n) is 6.95. The second-order valence-corrected chi connectivity index (χ2v) is 6.95. The lowest BCUT2D eigenvalue weighted by molar-refractivity contribution is -0.117. The van der Waals surface area contributed by atoms with E-state index in [2.05, 4.69) is 35.6 Å². The summed E-state index contributed by atoms with van der Waals surface area (Å²) in [7, 11) is 0. The highest BCUT2D eigenvalue weighted by Gasteiger charge is 2.13. The molecule has 136 valence electrons. The number of rotatable bonds is 4. The molecule has 3 heteroatoms. The zero-order valence-electron chi connectivity index (χ0n) is 15.4. The fraction of sp³-hybridized carbons (Fsp3) is 0.208. The number of hydrogen-bond donors (Lipinski definition) is 1. The summed E-state index contributed by atoms with van der Waals surface area (Å²) in [5, 5.41) is 5.44. The molecule has 3 nitrogen and oxygen atoms in total. The van der Waals surface area contributed by atoms with Gasteiger partial charge in [-0.3, -0.25) is 4.79 Å². The minimum atomic E-state index is -0.0926. The Balaban J connectivity index is 1.46. The molecule has 1 unspecified atom stereocenters. The third-order valence-electron chi connectivity index (χ3n) is 5.04. The van der Waals surface area contributed by atoms with Crippen LogP contribution in [0.2, 0.25) is 0 Å². The summed E-state index contributed by atoms with van der Waals surface area (Å²) < 4.78 is 5.69. The van der Waals surface area contributed by atoms with Crippen LogP contribution in [-0.4, -0.2) is 12.5 Å². The molecule has 1 atom stereocenters. The van der Waals surface area contributed by atoms with Crippen molar-refractivity contribution >= 4 is 22.8 Å². The zero-order valence-corrected chi connectivity index (χ0v) is 15.4. The summed E-state index contributed by atoms with van der Waals surface area (Å²) in [6.07, 6.45) is 5.51. The molecule has 1 aliphatic heterocycles. The fourth-order valence-electron chi connectivity index (χ4n) is 3.56. The first-order valence-corrected chi connectivity index (χ1v) is 9.43. The molecule has 1 amide bonds. The van der Waals surface area contributed by atoms with Crippen LogP contribution in [0.15, 0.2) is 66.7 Å². The second kappa shape index (κ2) is 7.67. The van der Waals surface area contributed by atoms with E-state index in [1.54, 1.807) is 6.08 Å². The minimum Gasteiger partial charge on any atom is -0.493 e. The maximum Gasteiger partial charge on any atom is 0.244 e. The highest BCUT2D eigenvalue weighted by atomic mass is 16.5. The van der Waals surface area contributed by atoms with Crippen LogP contribution in [0.4, 0.5) is 0 Å². The van der Waals surface area contributed by atoms with Crippen molar-refractivity contribution in [3.8, 4) is 5.75 Å². The van der Waals surface area contributed by atoms with Crippen molar-refractivity contribution in [1.82, 2.24) is 5.32 Å². The van der Waals surface area contributed by atoms with Crippen molar-refractivity contribution in [1.29, 1.82) is 0 Å². The molecule has 0 aliphatic carbocycles. The van der Waals surface area contributed by atoms with Crippen LogP contribution in [0.25, 0.3) is 16.8 Å². The Hall–Kier alpha value is -3.07. The Morgan fingerprint density at radius 2 is 1.93 bits per heavy atom. The van der Waals surface area contributed by atoms with Crippen LogP contribution in [0.1, 0.15) is 36.1 Å². The quantitative estimate of drug-likeness (QED) is 0.663. The van der Waals surface area contributed by atoms with Crippen molar-refractivity contribution in [3.05, 3.63) is 83.4 Å². The van der Waals surface area contributed by atoms with E-state index in [1.165, 1.54) is 16.3 Å². The van der Waals surface area contributed by atoms with Gasteiger partial charge in [-0.15, -0.1) is 0 Å². The molecule has 0 radical (unpaired) electrons. The van der Waals surface area contributed by atoms with Crippen molar-refractivity contribution in [3.63, 3.8) is 0 Å². The Morgan fingerprint density at radius 3 is 2.81 bits per heavy atom. The van der Waals surface area contributed by atoms with Crippen LogP contribution < -0.4 is 10.1 Å². The molecule has 27 heavy (non-hydrogen) atoms. The number of fused-ring (bicyclic) bond motifs is 2. The zero-order chi connectivity index (χ0) is 18.6. The van der Waals surface area contributed by atoms with E-state index in [-0.39, 0.29) is 11.9 Å². The summed E-state index contributed by atoms with van der Waals surface area (Å²) in [5.41, 5.74) is 3.34. The number of hydrogen-bond acceptors (Lipinski definition) is 2.